The van der Waals surface area contributed by atoms with Gasteiger partial charge in [-0.15, -0.1) is 0 Å². The van der Waals surface area contributed by atoms with Crippen LogP contribution < -0.4 is 14.4 Å². The third-order valence-electron chi connectivity index (χ3n) is 5.57. The van der Waals surface area contributed by atoms with E-state index in [0.29, 0.717) is 56.3 Å². The largest absolute Gasteiger partial charge is 0.495 e. The van der Waals surface area contributed by atoms with Crippen LogP contribution in [0.5, 0.6) is 11.5 Å². The van der Waals surface area contributed by atoms with E-state index in [9.17, 15) is 4.79 Å². The monoisotopic (exact) mass is 514 g/mol. The minimum Gasteiger partial charge on any atom is -0.495 e. The van der Waals surface area contributed by atoms with Gasteiger partial charge < -0.3 is 18.9 Å². The number of carbonyl (C=O) groups excluding carboxylic acids is 1. The van der Waals surface area contributed by atoms with Crippen molar-refractivity contribution < 1.29 is 18.8 Å². The predicted molar refractivity (Wildman–Crippen MR) is 139 cm³/mol. The molecule has 35 heavy (non-hydrogen) atoms. The summed E-state index contributed by atoms with van der Waals surface area (Å²) in [5, 5.41) is 5.21. The van der Waals surface area contributed by atoms with Gasteiger partial charge in [-0.2, -0.15) is 0 Å². The SMILES string of the molecule is COc1ccc(OC)c2sc(N(CCCN(C)C)C(=O)c3c(-c4ccccc4Cl)noc3C)nc12. The maximum Gasteiger partial charge on any atom is 0.265 e. The number of anilines is 1. The zero-order valence-electron chi connectivity index (χ0n) is 20.3. The Kier molecular flexibility index (Phi) is 7.59. The van der Waals surface area contributed by atoms with Crippen LogP contribution >= 0.6 is 22.9 Å². The van der Waals surface area contributed by atoms with Gasteiger partial charge in [-0.1, -0.05) is 46.3 Å². The number of rotatable bonds is 9. The van der Waals surface area contributed by atoms with Crippen LogP contribution in [0.4, 0.5) is 5.13 Å². The van der Waals surface area contributed by atoms with Gasteiger partial charge in [0.2, 0.25) is 0 Å². The molecule has 2 aromatic carbocycles. The zero-order valence-corrected chi connectivity index (χ0v) is 21.9. The molecule has 0 N–H and O–H groups in total. The highest BCUT2D eigenvalue weighted by Crippen LogP contribution is 2.41. The summed E-state index contributed by atoms with van der Waals surface area (Å²) in [6, 6.07) is 10.9. The predicted octanol–water partition coefficient (Wildman–Crippen LogP) is 5.53. The lowest BCUT2D eigenvalue weighted by molar-refractivity contribution is 0.0985. The molecule has 0 saturated carbocycles. The number of aromatic nitrogens is 2. The van der Waals surface area contributed by atoms with Crippen LogP contribution in [0.2, 0.25) is 5.02 Å². The lowest BCUT2D eigenvalue weighted by Crippen LogP contribution is -2.34. The first kappa shape index (κ1) is 25.0. The van der Waals surface area contributed by atoms with E-state index in [4.69, 9.17) is 30.6 Å². The number of carbonyl (C=O) groups is 1. The first-order valence-corrected chi connectivity index (χ1v) is 12.2. The minimum atomic E-state index is -0.255. The second-order valence-electron chi connectivity index (χ2n) is 8.20. The molecule has 0 atom stereocenters. The van der Waals surface area contributed by atoms with Crippen molar-refractivity contribution in [1.82, 2.24) is 15.0 Å². The summed E-state index contributed by atoms with van der Waals surface area (Å²) in [5.41, 5.74) is 2.05. The Hall–Kier alpha value is -3.14. The molecule has 0 aliphatic heterocycles. The van der Waals surface area contributed by atoms with Crippen molar-refractivity contribution in [3.05, 3.63) is 52.7 Å². The second kappa shape index (κ2) is 10.6. The van der Waals surface area contributed by atoms with Gasteiger partial charge in [0.15, 0.2) is 5.13 Å². The van der Waals surface area contributed by atoms with E-state index in [2.05, 4.69) is 10.1 Å². The molecule has 1 amide bonds. The fourth-order valence-corrected chi connectivity index (χ4v) is 5.14. The normalized spacial score (nSPS) is 11.3. The van der Waals surface area contributed by atoms with Gasteiger partial charge in [-0.05, 0) is 52.2 Å². The highest BCUT2D eigenvalue weighted by atomic mass is 35.5. The van der Waals surface area contributed by atoms with Crippen LogP contribution in [0.15, 0.2) is 40.9 Å². The molecule has 0 fully saturated rings. The zero-order chi connectivity index (χ0) is 25.1. The van der Waals surface area contributed by atoms with Crippen LogP contribution in [0, 0.1) is 6.92 Å². The van der Waals surface area contributed by atoms with Crippen LogP contribution in [-0.2, 0) is 0 Å². The number of hydrogen-bond acceptors (Lipinski definition) is 8. The standard InChI is InChI=1S/C25H27ClN4O4S/c1-15-20(21(28-34-15)16-9-6-7-10-17(16)26)24(31)30(14-8-13-29(2)3)25-27-22-18(32-4)11-12-19(33-5)23(22)35-25/h6-7,9-12H,8,13-14H2,1-5H3. The molecule has 0 saturated heterocycles. The fraction of sp³-hybridized carbons (Fsp3) is 0.320. The van der Waals surface area contributed by atoms with E-state index in [1.54, 1.807) is 32.1 Å². The number of halogens is 1. The maximum absolute atomic E-state index is 14.1. The van der Waals surface area contributed by atoms with Crippen LogP contribution in [-0.4, -0.2) is 62.4 Å². The van der Waals surface area contributed by atoms with Crippen molar-refractivity contribution in [3.8, 4) is 22.8 Å². The van der Waals surface area contributed by atoms with E-state index >= 15 is 0 Å². The molecular formula is C25H27ClN4O4S. The number of benzene rings is 2. The van der Waals surface area contributed by atoms with E-state index in [0.717, 1.165) is 17.7 Å². The van der Waals surface area contributed by atoms with Gasteiger partial charge >= 0.3 is 0 Å². The van der Waals surface area contributed by atoms with Gasteiger partial charge in [-0.25, -0.2) is 4.98 Å². The highest BCUT2D eigenvalue weighted by molar-refractivity contribution is 7.22. The summed E-state index contributed by atoms with van der Waals surface area (Å²) in [7, 11) is 7.20. The summed E-state index contributed by atoms with van der Waals surface area (Å²) < 4.78 is 17.3. The van der Waals surface area contributed by atoms with Crippen LogP contribution in [0.25, 0.3) is 21.5 Å². The average molecular weight is 515 g/mol. The topological polar surface area (TPSA) is 80.9 Å². The molecule has 4 aromatic rings. The Bertz CT molecular complexity index is 1310. The molecule has 0 bridgehead atoms. The van der Waals surface area contributed by atoms with Crippen molar-refractivity contribution in [2.45, 2.75) is 13.3 Å². The maximum atomic E-state index is 14.1. The number of fused-ring (bicyclic) bond motifs is 1. The Labute approximate surface area is 213 Å². The summed E-state index contributed by atoms with van der Waals surface area (Å²) >= 11 is 7.81. The molecule has 10 heteroatoms. The second-order valence-corrected chi connectivity index (χ2v) is 9.58. The first-order chi connectivity index (χ1) is 16.8. The Morgan fingerprint density at radius 2 is 1.80 bits per heavy atom. The molecule has 0 aliphatic carbocycles. The number of aryl methyl sites for hydroxylation is 1. The number of amides is 1. The molecule has 0 spiro atoms. The van der Waals surface area contributed by atoms with E-state index < -0.39 is 0 Å². The van der Waals surface area contributed by atoms with Gasteiger partial charge in [0.05, 0.1) is 19.2 Å². The Morgan fingerprint density at radius 1 is 1.09 bits per heavy atom. The molecule has 184 valence electrons. The van der Waals surface area contributed by atoms with Crippen molar-refractivity contribution in [2.24, 2.45) is 0 Å². The Balaban J connectivity index is 1.82. The van der Waals surface area contributed by atoms with E-state index in [1.165, 1.54) is 11.3 Å². The summed E-state index contributed by atoms with van der Waals surface area (Å²) in [6.07, 6.45) is 0.745. The van der Waals surface area contributed by atoms with Gasteiger partial charge in [0.1, 0.15) is 38.7 Å². The molecule has 8 nitrogen and oxygen atoms in total. The number of hydrogen-bond donors (Lipinski definition) is 0. The summed E-state index contributed by atoms with van der Waals surface area (Å²) in [5.74, 6) is 1.44. The number of thiazole rings is 1. The summed E-state index contributed by atoms with van der Waals surface area (Å²) in [6.45, 7) is 2.98. The van der Waals surface area contributed by atoms with Gasteiger partial charge in [-0.3, -0.25) is 9.69 Å². The van der Waals surface area contributed by atoms with Crippen molar-refractivity contribution in [1.29, 1.82) is 0 Å². The Morgan fingerprint density at radius 3 is 2.49 bits per heavy atom. The van der Waals surface area contributed by atoms with Gasteiger partial charge in [0.25, 0.3) is 5.91 Å². The average Bonchev–Trinajstić information content (AvgIpc) is 3.45. The van der Waals surface area contributed by atoms with Crippen molar-refractivity contribution in [3.63, 3.8) is 0 Å². The molecule has 0 unspecified atom stereocenters. The molecule has 0 radical (unpaired) electrons. The number of nitrogens with zero attached hydrogens (tertiary/aromatic N) is 4. The van der Waals surface area contributed by atoms with Crippen LogP contribution in [0.1, 0.15) is 22.5 Å². The highest BCUT2D eigenvalue weighted by Gasteiger charge is 2.30. The minimum absolute atomic E-state index is 0.255. The smallest absolute Gasteiger partial charge is 0.265 e. The van der Waals surface area contributed by atoms with Gasteiger partial charge in [0, 0.05) is 12.1 Å². The molecular weight excluding hydrogens is 488 g/mol. The summed E-state index contributed by atoms with van der Waals surface area (Å²) in [4.78, 5) is 22.6. The molecule has 2 aromatic heterocycles. The fourth-order valence-electron chi connectivity index (χ4n) is 3.81. The van der Waals surface area contributed by atoms with Crippen molar-refractivity contribution >= 4 is 44.2 Å². The lowest BCUT2D eigenvalue weighted by Gasteiger charge is -2.21. The van der Waals surface area contributed by atoms with E-state index in [-0.39, 0.29) is 5.91 Å². The molecule has 2 heterocycles. The molecule has 0 aliphatic rings. The third kappa shape index (κ3) is 4.98. The van der Waals surface area contributed by atoms with Crippen LogP contribution in [0.3, 0.4) is 0 Å². The number of ether oxygens (including phenoxy) is 2. The quantitative estimate of drug-likeness (QED) is 0.290. The lowest BCUT2D eigenvalue weighted by atomic mass is 10.1. The first-order valence-electron chi connectivity index (χ1n) is 11.0. The van der Waals surface area contributed by atoms with Crippen molar-refractivity contribution in [2.75, 3.05) is 46.3 Å². The number of methoxy groups -OCH3 is 2. The third-order valence-corrected chi connectivity index (χ3v) is 6.99. The van der Waals surface area contributed by atoms with E-state index in [1.807, 2.05) is 44.4 Å². The molecule has 4 rings (SSSR count).